The Balaban J connectivity index is 0.000000720. The van der Waals surface area contributed by atoms with Crippen LogP contribution in [-0.4, -0.2) is 19.7 Å². The molecule has 12 heavy (non-hydrogen) atoms. The quantitative estimate of drug-likeness (QED) is 0.710. The number of pyridine rings is 1. The number of hydrogen-bond donors (Lipinski definition) is 0. The van der Waals surface area contributed by atoms with E-state index in [0.717, 1.165) is 5.82 Å². The second-order valence-corrected chi connectivity index (χ2v) is 1.99. The maximum atomic E-state index is 4.07. The molecule has 0 atom stereocenters. The van der Waals surface area contributed by atoms with Crippen molar-refractivity contribution >= 4 is 0 Å². The summed E-state index contributed by atoms with van der Waals surface area (Å²) in [5.74, 6) is 0.775. The van der Waals surface area contributed by atoms with Gasteiger partial charge in [-0.3, -0.25) is 0 Å². The summed E-state index contributed by atoms with van der Waals surface area (Å²) in [6, 6.07) is 5.61. The summed E-state index contributed by atoms with van der Waals surface area (Å²) >= 11 is 0. The van der Waals surface area contributed by atoms with Gasteiger partial charge in [0.1, 0.15) is 0 Å². The Bertz CT molecular complexity index is 318. The summed E-state index contributed by atoms with van der Waals surface area (Å²) in [4.78, 5) is 4.07. The van der Waals surface area contributed by atoms with Gasteiger partial charge in [0, 0.05) is 44.8 Å². The van der Waals surface area contributed by atoms with Crippen LogP contribution in [0.3, 0.4) is 0 Å². The molecule has 2 aromatic rings. The van der Waals surface area contributed by atoms with Gasteiger partial charge in [0.25, 0.3) is 0 Å². The molecule has 0 unspecified atom stereocenters. The molecule has 2 aromatic heterocycles. The molecule has 0 spiro atoms. The first kappa shape index (κ1) is 9.03. The average Bonchev–Trinajstić information content (AvgIpc) is 2.58. The van der Waals surface area contributed by atoms with Gasteiger partial charge in [0.05, 0.1) is 0 Å². The summed E-state index contributed by atoms with van der Waals surface area (Å²) in [5, 5.41) is 7.16. The van der Waals surface area contributed by atoms with E-state index >= 15 is 0 Å². The second kappa shape index (κ2) is 4.09. The Morgan fingerprint density at radius 2 is 2.25 bits per heavy atom. The summed E-state index contributed by atoms with van der Waals surface area (Å²) < 4.78 is 1.62. The summed E-state index contributed by atoms with van der Waals surface area (Å²) in [6.45, 7) is 0. The fraction of sp³-hybridized carbons (Fsp3) is 0. The van der Waals surface area contributed by atoms with Crippen molar-refractivity contribution in [3.63, 3.8) is 0 Å². The molecule has 0 fully saturated rings. The molecule has 0 aromatic carbocycles. The van der Waals surface area contributed by atoms with E-state index in [4.69, 9.17) is 0 Å². The maximum absolute atomic E-state index is 4.07. The summed E-state index contributed by atoms with van der Waals surface area (Å²) in [5.41, 5.74) is 0. The molecule has 4 nitrogen and oxygen atoms in total. The van der Waals surface area contributed by atoms with Gasteiger partial charge < -0.3 is 9.55 Å². The van der Waals surface area contributed by atoms with E-state index in [0.29, 0.717) is 0 Å². The molecule has 0 amide bonds. The molecule has 0 aliphatic carbocycles. The first-order valence-corrected chi connectivity index (χ1v) is 3.16. The van der Waals surface area contributed by atoms with E-state index in [1.54, 1.807) is 17.1 Å². The largest absolute Gasteiger partial charge is 0.435 e. The molecule has 0 aliphatic heterocycles. The monoisotopic (exact) mass is 338 g/mol. The zero-order valence-corrected chi connectivity index (χ0v) is 8.40. The van der Waals surface area contributed by atoms with E-state index in [1.807, 2.05) is 18.2 Å². The first-order valence-electron chi connectivity index (χ1n) is 3.16. The number of nitrogens with zero attached hydrogens (tertiary/aromatic N) is 4. The Hall–Kier alpha value is -1.06. The summed E-state index contributed by atoms with van der Waals surface area (Å²) in [7, 11) is 0. The second-order valence-electron chi connectivity index (χ2n) is 1.99. The van der Waals surface area contributed by atoms with Crippen molar-refractivity contribution < 1.29 is 20.1 Å². The average molecular weight is 337 g/mol. The van der Waals surface area contributed by atoms with Crippen molar-refractivity contribution in [1.29, 1.82) is 0 Å². The van der Waals surface area contributed by atoms with Crippen molar-refractivity contribution in [3.05, 3.63) is 37.1 Å². The van der Waals surface area contributed by atoms with Crippen LogP contribution in [0.15, 0.2) is 30.7 Å². The topological polar surface area (TPSA) is 43.6 Å². The Morgan fingerprint density at radius 3 is 2.83 bits per heavy atom. The van der Waals surface area contributed by atoms with Crippen LogP contribution < -0.4 is 0 Å². The van der Waals surface area contributed by atoms with E-state index < -0.39 is 0 Å². The van der Waals surface area contributed by atoms with Gasteiger partial charge in [0.15, 0.2) is 0 Å². The van der Waals surface area contributed by atoms with Crippen molar-refractivity contribution in [2.75, 3.05) is 0 Å². The van der Waals surface area contributed by atoms with Gasteiger partial charge in [-0.15, -0.1) is 0 Å². The minimum Gasteiger partial charge on any atom is -0.435 e. The standard InChI is InChI=1S/C7H5N4.Ir/c1-2-4-8-7(3-1)11-5-9-10-6-11;/h1-5H;/q-1;. The molecule has 0 N–H and O–H groups in total. The third kappa shape index (κ3) is 1.75. The zero-order valence-electron chi connectivity index (χ0n) is 6.01. The van der Waals surface area contributed by atoms with Crippen molar-refractivity contribution in [3.8, 4) is 5.82 Å². The van der Waals surface area contributed by atoms with Gasteiger partial charge in [-0.2, -0.15) is 0 Å². The minimum absolute atomic E-state index is 0. The van der Waals surface area contributed by atoms with Crippen LogP contribution in [0.2, 0.25) is 0 Å². The van der Waals surface area contributed by atoms with Gasteiger partial charge in [0.2, 0.25) is 0 Å². The predicted molar refractivity (Wildman–Crippen MR) is 38.0 cm³/mol. The molecule has 1 radical (unpaired) electrons. The third-order valence-electron chi connectivity index (χ3n) is 1.27. The summed E-state index contributed by atoms with van der Waals surface area (Å²) in [6.07, 6.45) is 5.92. The fourth-order valence-corrected chi connectivity index (χ4v) is 0.784. The van der Waals surface area contributed by atoms with Crippen molar-refractivity contribution in [2.45, 2.75) is 0 Å². The van der Waals surface area contributed by atoms with Crippen LogP contribution >= 0.6 is 0 Å². The number of rotatable bonds is 1. The molecule has 2 rings (SSSR count). The van der Waals surface area contributed by atoms with Crippen LogP contribution in [-0.2, 0) is 20.1 Å². The molecule has 63 valence electrons. The molecule has 0 bridgehead atoms. The van der Waals surface area contributed by atoms with Crippen LogP contribution in [0, 0.1) is 6.33 Å². The van der Waals surface area contributed by atoms with Crippen LogP contribution in [0.5, 0.6) is 0 Å². The molecule has 2 heterocycles. The van der Waals surface area contributed by atoms with Gasteiger partial charge >= 0.3 is 0 Å². The minimum atomic E-state index is 0. The van der Waals surface area contributed by atoms with Gasteiger partial charge in [-0.05, 0) is 6.07 Å². The normalized spacial score (nSPS) is 9.00. The fourth-order valence-electron chi connectivity index (χ4n) is 0.784. The molecular formula is C7H5IrN4-. The number of hydrogen-bond acceptors (Lipinski definition) is 3. The Morgan fingerprint density at radius 1 is 1.33 bits per heavy atom. The smallest absolute Gasteiger partial charge is 0.0369 e. The number of aromatic nitrogens is 4. The van der Waals surface area contributed by atoms with Crippen molar-refractivity contribution in [1.82, 2.24) is 19.7 Å². The molecular weight excluding hydrogens is 332 g/mol. The zero-order chi connectivity index (χ0) is 7.52. The Labute approximate surface area is 83.0 Å². The van der Waals surface area contributed by atoms with E-state index in [9.17, 15) is 0 Å². The predicted octanol–water partition coefficient (Wildman–Crippen LogP) is 0.460. The third-order valence-corrected chi connectivity index (χ3v) is 1.27. The maximum Gasteiger partial charge on any atom is 0.0369 e. The molecule has 0 aliphatic rings. The van der Waals surface area contributed by atoms with Crippen molar-refractivity contribution in [2.24, 2.45) is 0 Å². The molecule has 0 saturated heterocycles. The van der Waals surface area contributed by atoms with Crippen LogP contribution in [0.1, 0.15) is 0 Å². The van der Waals surface area contributed by atoms with Gasteiger partial charge in [-0.1, -0.05) is 12.1 Å². The SMILES string of the molecule is [Ir].[c-]1nncn1-c1ccccn1. The molecule has 5 heteroatoms. The molecule has 0 saturated carbocycles. The Kier molecular flexibility index (Phi) is 3.08. The van der Waals surface area contributed by atoms with E-state index in [-0.39, 0.29) is 20.1 Å². The van der Waals surface area contributed by atoms with E-state index in [2.05, 4.69) is 21.5 Å². The van der Waals surface area contributed by atoms with Crippen LogP contribution in [0.4, 0.5) is 0 Å². The van der Waals surface area contributed by atoms with E-state index in [1.165, 1.54) is 0 Å². The van der Waals surface area contributed by atoms with Crippen LogP contribution in [0.25, 0.3) is 5.82 Å². The van der Waals surface area contributed by atoms with Gasteiger partial charge in [-0.25, -0.2) is 10.2 Å². The first-order chi connectivity index (χ1) is 5.47.